The highest BCUT2D eigenvalue weighted by atomic mass is 16.5. The van der Waals surface area contributed by atoms with Gasteiger partial charge in [-0.2, -0.15) is 10.5 Å². The van der Waals surface area contributed by atoms with Gasteiger partial charge in [0.25, 0.3) is 0 Å². The van der Waals surface area contributed by atoms with Crippen LogP contribution in [0.1, 0.15) is 22.3 Å². The predicted molar refractivity (Wildman–Crippen MR) is 193 cm³/mol. The summed E-state index contributed by atoms with van der Waals surface area (Å²) < 4.78 is 15.8. The van der Waals surface area contributed by atoms with E-state index in [4.69, 9.17) is 9.47 Å². The molecule has 0 N–H and O–H groups in total. The van der Waals surface area contributed by atoms with Crippen LogP contribution >= 0.6 is 0 Å². The van der Waals surface area contributed by atoms with Crippen LogP contribution in [0, 0.1) is 36.5 Å². The topological polar surface area (TPSA) is 75.9 Å². The van der Waals surface area contributed by atoms with E-state index in [1.165, 1.54) is 0 Å². The van der Waals surface area contributed by atoms with Crippen LogP contribution in [0.2, 0.25) is 0 Å². The average molecular weight is 623 g/mol. The number of aromatic nitrogens is 2. The highest BCUT2D eigenvalue weighted by molar-refractivity contribution is 6.12. The molecule has 6 aromatic carbocycles. The molecule has 0 amide bonds. The number of hydrogen-bond donors (Lipinski definition) is 0. The summed E-state index contributed by atoms with van der Waals surface area (Å²) in [4.78, 5) is 0. The number of methoxy groups -OCH3 is 2. The van der Waals surface area contributed by atoms with Crippen molar-refractivity contribution in [2.24, 2.45) is 0 Å². The minimum atomic E-state index is 0.530. The highest BCUT2D eigenvalue weighted by Gasteiger charge is 2.22. The molecule has 2 aromatic heterocycles. The molecule has 230 valence electrons. The lowest BCUT2D eigenvalue weighted by molar-refractivity contribution is 0.415. The van der Waals surface area contributed by atoms with Crippen molar-refractivity contribution in [3.8, 4) is 46.1 Å². The molecule has 0 atom stereocenters. The molecule has 0 saturated heterocycles. The normalized spacial score (nSPS) is 11.3. The smallest absolute Gasteiger partial charge is 0.119 e. The molecule has 48 heavy (non-hydrogen) atoms. The molecule has 0 aliphatic carbocycles. The van der Waals surface area contributed by atoms with E-state index in [0.717, 1.165) is 88.7 Å². The maximum absolute atomic E-state index is 10.1. The third-order valence-corrected chi connectivity index (χ3v) is 9.28. The molecule has 0 spiro atoms. The Balaban J connectivity index is 1.50. The van der Waals surface area contributed by atoms with Gasteiger partial charge in [0.15, 0.2) is 0 Å². The molecule has 8 rings (SSSR count). The van der Waals surface area contributed by atoms with Gasteiger partial charge in [0.05, 0.1) is 70.9 Å². The van der Waals surface area contributed by atoms with Gasteiger partial charge in [-0.3, -0.25) is 0 Å². The lowest BCUT2D eigenvalue weighted by atomic mass is 9.97. The van der Waals surface area contributed by atoms with Crippen molar-refractivity contribution >= 4 is 43.6 Å². The number of nitrogens with zero attached hydrogens (tertiary/aromatic N) is 4. The Morgan fingerprint density at radius 2 is 0.833 bits per heavy atom. The van der Waals surface area contributed by atoms with Crippen molar-refractivity contribution in [1.29, 1.82) is 10.5 Å². The van der Waals surface area contributed by atoms with Crippen molar-refractivity contribution in [2.45, 2.75) is 13.8 Å². The average Bonchev–Trinajstić information content (AvgIpc) is 3.61. The number of aryl methyl sites for hydroxylation is 2. The summed E-state index contributed by atoms with van der Waals surface area (Å²) in [6.07, 6.45) is 0. The molecule has 0 radical (unpaired) electrons. The molecule has 6 heteroatoms. The van der Waals surface area contributed by atoms with Crippen LogP contribution in [0.25, 0.3) is 66.1 Å². The molecule has 8 aromatic rings. The Morgan fingerprint density at radius 3 is 1.21 bits per heavy atom. The molecule has 0 fully saturated rings. The van der Waals surface area contributed by atoms with E-state index in [-0.39, 0.29) is 0 Å². The van der Waals surface area contributed by atoms with Crippen LogP contribution in [0.4, 0.5) is 0 Å². The quantitative estimate of drug-likeness (QED) is 0.191. The SMILES string of the molecule is COc1ccc2c(c1)c1cc(C)ccc1n2-c1ccc(C#N)cc1-c1cc(C#N)ccc1-n1c2ccc(C)cc2c2cc(OC)ccc21. The first-order valence-corrected chi connectivity index (χ1v) is 15.7. The zero-order valence-electron chi connectivity index (χ0n) is 27.0. The van der Waals surface area contributed by atoms with E-state index in [1.54, 1.807) is 14.2 Å². The minimum Gasteiger partial charge on any atom is -0.497 e. The fourth-order valence-electron chi connectivity index (χ4n) is 7.04. The lowest BCUT2D eigenvalue weighted by Crippen LogP contribution is -2.02. The number of ether oxygens (including phenoxy) is 2. The van der Waals surface area contributed by atoms with E-state index < -0.39 is 0 Å². The van der Waals surface area contributed by atoms with Gasteiger partial charge < -0.3 is 18.6 Å². The monoisotopic (exact) mass is 622 g/mol. The predicted octanol–water partition coefficient (Wildman–Crippen LogP) is 9.93. The number of fused-ring (bicyclic) bond motifs is 6. The Bertz CT molecular complexity index is 2510. The molecule has 6 nitrogen and oxygen atoms in total. The van der Waals surface area contributed by atoms with Crippen LogP contribution in [0.3, 0.4) is 0 Å². The second kappa shape index (κ2) is 11.1. The van der Waals surface area contributed by atoms with Crippen LogP contribution in [-0.2, 0) is 0 Å². The van der Waals surface area contributed by atoms with Crippen LogP contribution in [0.15, 0.2) is 109 Å². The van der Waals surface area contributed by atoms with Gasteiger partial charge in [0.2, 0.25) is 0 Å². The van der Waals surface area contributed by atoms with E-state index in [0.29, 0.717) is 11.1 Å². The Labute approximate surface area is 277 Å². The summed E-state index contributed by atoms with van der Waals surface area (Å²) in [7, 11) is 3.36. The van der Waals surface area contributed by atoms with E-state index in [1.807, 2.05) is 48.5 Å². The van der Waals surface area contributed by atoms with Gasteiger partial charge in [0, 0.05) is 32.7 Å². The fraction of sp³-hybridized carbons (Fsp3) is 0.0952. The zero-order chi connectivity index (χ0) is 33.1. The van der Waals surface area contributed by atoms with Crippen molar-refractivity contribution in [1.82, 2.24) is 9.13 Å². The Kier molecular flexibility index (Phi) is 6.68. The Hall–Kier alpha value is -6.50. The molecule has 0 aliphatic heterocycles. The molecular formula is C42H30N4O2. The van der Waals surface area contributed by atoms with Crippen LogP contribution in [-0.4, -0.2) is 23.4 Å². The fourth-order valence-corrected chi connectivity index (χ4v) is 7.04. The van der Waals surface area contributed by atoms with Crippen molar-refractivity contribution in [3.05, 3.63) is 131 Å². The van der Waals surface area contributed by atoms with Crippen LogP contribution in [0.5, 0.6) is 11.5 Å². The maximum Gasteiger partial charge on any atom is 0.119 e. The maximum atomic E-state index is 10.1. The third-order valence-electron chi connectivity index (χ3n) is 9.28. The van der Waals surface area contributed by atoms with Crippen molar-refractivity contribution < 1.29 is 9.47 Å². The van der Waals surface area contributed by atoms with E-state index >= 15 is 0 Å². The standard InChI is InChI=1S/C42H30N4O2/c1-25-5-11-37-31(17-25)35-21-29(47-3)9-15-41(35)45(37)39-13-7-27(23-43)19-33(39)34-20-28(24-44)8-14-40(34)46-38-12-6-26(2)18-32(38)36-22-30(48-4)10-16-42(36)46/h5-22H,1-4H3. The second-order valence-corrected chi connectivity index (χ2v) is 12.2. The summed E-state index contributed by atoms with van der Waals surface area (Å²) in [5, 5.41) is 24.6. The van der Waals surface area contributed by atoms with Gasteiger partial charge in [-0.05, 0) is 111 Å². The van der Waals surface area contributed by atoms with Crippen molar-refractivity contribution in [2.75, 3.05) is 14.2 Å². The second-order valence-electron chi connectivity index (χ2n) is 12.2. The largest absolute Gasteiger partial charge is 0.497 e. The van der Waals surface area contributed by atoms with E-state index in [9.17, 15) is 10.5 Å². The molecular weight excluding hydrogens is 592 g/mol. The third kappa shape index (κ3) is 4.39. The number of nitriles is 2. The first-order valence-electron chi connectivity index (χ1n) is 15.7. The first-order chi connectivity index (χ1) is 23.4. The summed E-state index contributed by atoms with van der Waals surface area (Å²) in [5.74, 6) is 1.57. The molecule has 0 saturated carbocycles. The summed E-state index contributed by atoms with van der Waals surface area (Å²) in [6, 6.07) is 41.5. The van der Waals surface area contributed by atoms with Crippen molar-refractivity contribution in [3.63, 3.8) is 0 Å². The van der Waals surface area contributed by atoms with Gasteiger partial charge in [-0.1, -0.05) is 23.3 Å². The summed E-state index contributed by atoms with van der Waals surface area (Å²) in [6.45, 7) is 4.19. The molecule has 0 aliphatic rings. The van der Waals surface area contributed by atoms with E-state index in [2.05, 4.69) is 95.8 Å². The molecule has 0 unspecified atom stereocenters. The summed E-state index contributed by atoms with van der Waals surface area (Å²) in [5.41, 5.74) is 11.0. The van der Waals surface area contributed by atoms with Gasteiger partial charge in [-0.25, -0.2) is 0 Å². The number of rotatable bonds is 5. The lowest BCUT2D eigenvalue weighted by Gasteiger charge is -2.19. The van der Waals surface area contributed by atoms with Gasteiger partial charge in [-0.15, -0.1) is 0 Å². The molecule has 0 bridgehead atoms. The highest BCUT2D eigenvalue weighted by Crippen LogP contribution is 2.42. The van der Waals surface area contributed by atoms with Gasteiger partial charge in [0.1, 0.15) is 11.5 Å². The molecule has 2 heterocycles. The number of hydrogen-bond acceptors (Lipinski definition) is 4. The van der Waals surface area contributed by atoms with Gasteiger partial charge >= 0.3 is 0 Å². The zero-order valence-corrected chi connectivity index (χ0v) is 27.0. The number of benzene rings is 6. The van der Waals surface area contributed by atoms with Crippen LogP contribution < -0.4 is 9.47 Å². The summed E-state index contributed by atoms with van der Waals surface area (Å²) >= 11 is 0. The first kappa shape index (κ1) is 28.9. The minimum absolute atomic E-state index is 0.530. The Morgan fingerprint density at radius 1 is 0.458 bits per heavy atom.